The summed E-state index contributed by atoms with van der Waals surface area (Å²) in [5, 5.41) is 0. The zero-order valence-electron chi connectivity index (χ0n) is 21.6. The summed E-state index contributed by atoms with van der Waals surface area (Å²) in [6.07, 6.45) is 1.50. The number of benzene rings is 3. The highest BCUT2D eigenvalue weighted by Crippen LogP contribution is 2.24. The number of hydrogen-bond donors (Lipinski definition) is 0. The molecule has 0 N–H and O–H groups in total. The second-order valence-electron chi connectivity index (χ2n) is 9.50. The van der Waals surface area contributed by atoms with Crippen LogP contribution >= 0.6 is 0 Å². The lowest BCUT2D eigenvalue weighted by Gasteiger charge is -2.31. The molecule has 37 heavy (non-hydrogen) atoms. The number of carbonyl (C=O) groups is 3. The minimum Gasteiger partial charge on any atom is -0.466 e. The molecule has 0 spiro atoms. The van der Waals surface area contributed by atoms with Crippen molar-refractivity contribution in [2.45, 2.75) is 39.7 Å². The van der Waals surface area contributed by atoms with Crippen LogP contribution in [0.3, 0.4) is 0 Å². The van der Waals surface area contributed by atoms with E-state index >= 15 is 0 Å². The first-order valence-electron chi connectivity index (χ1n) is 12.9. The second kappa shape index (κ2) is 12.3. The number of amides is 2. The summed E-state index contributed by atoms with van der Waals surface area (Å²) in [4.78, 5) is 42.2. The summed E-state index contributed by atoms with van der Waals surface area (Å²) in [7, 11) is 0. The average Bonchev–Trinajstić information content (AvgIpc) is 2.93. The van der Waals surface area contributed by atoms with Crippen LogP contribution in [0.4, 0.5) is 5.69 Å². The molecule has 0 radical (unpaired) electrons. The van der Waals surface area contributed by atoms with E-state index in [1.165, 1.54) is 0 Å². The van der Waals surface area contributed by atoms with Crippen LogP contribution in [0, 0.1) is 12.8 Å². The van der Waals surface area contributed by atoms with Crippen molar-refractivity contribution >= 4 is 23.5 Å². The van der Waals surface area contributed by atoms with Gasteiger partial charge in [0.2, 0.25) is 5.91 Å². The lowest BCUT2D eigenvalue weighted by molar-refractivity contribution is -0.151. The van der Waals surface area contributed by atoms with Gasteiger partial charge in [-0.05, 0) is 62.1 Å². The monoisotopic (exact) mass is 498 g/mol. The number of hydrogen-bond acceptors (Lipinski definition) is 4. The molecule has 0 unspecified atom stereocenters. The molecule has 0 bridgehead atoms. The van der Waals surface area contributed by atoms with Crippen molar-refractivity contribution in [3.05, 3.63) is 101 Å². The Labute approximate surface area is 218 Å². The number of anilines is 1. The van der Waals surface area contributed by atoms with Crippen LogP contribution < -0.4 is 4.90 Å². The van der Waals surface area contributed by atoms with Crippen LogP contribution in [0.2, 0.25) is 0 Å². The predicted molar refractivity (Wildman–Crippen MR) is 144 cm³/mol. The fourth-order valence-electron chi connectivity index (χ4n) is 4.64. The third kappa shape index (κ3) is 6.85. The number of likely N-dealkylation sites (tertiary alicyclic amines) is 1. The highest BCUT2D eigenvalue weighted by molar-refractivity contribution is 6.06. The van der Waals surface area contributed by atoms with E-state index in [0.717, 1.165) is 22.4 Å². The molecule has 0 saturated carbocycles. The van der Waals surface area contributed by atoms with Gasteiger partial charge in [0, 0.05) is 24.3 Å². The molecule has 1 fully saturated rings. The lowest BCUT2D eigenvalue weighted by Crippen LogP contribution is -2.41. The summed E-state index contributed by atoms with van der Waals surface area (Å²) in [5.74, 6) is -0.363. The Morgan fingerprint density at radius 1 is 0.892 bits per heavy atom. The molecule has 0 aliphatic carbocycles. The number of carbonyl (C=O) groups excluding carboxylic acids is 3. The van der Waals surface area contributed by atoms with Crippen molar-refractivity contribution in [3.8, 4) is 0 Å². The standard InChI is InChI=1S/C31H34N2O4/c1-3-37-31(36)27-16-18-32(19-17-27)29(34)21-25-10-7-11-28(20-25)33(22-24-8-5-4-6-9-24)30(35)26-14-12-23(2)13-15-26/h4-15,20,27H,3,16-19,21-22H2,1-2H3. The SMILES string of the molecule is CCOC(=O)C1CCN(C(=O)Cc2cccc(N(Cc3ccccc3)C(=O)c3ccc(C)cc3)c2)CC1. The topological polar surface area (TPSA) is 66.9 Å². The average molecular weight is 499 g/mol. The number of piperidine rings is 1. The van der Waals surface area contributed by atoms with Gasteiger partial charge in [-0.15, -0.1) is 0 Å². The molecule has 3 aromatic carbocycles. The molecule has 0 atom stereocenters. The van der Waals surface area contributed by atoms with E-state index in [-0.39, 0.29) is 30.1 Å². The van der Waals surface area contributed by atoms with E-state index in [1.807, 2.05) is 90.7 Å². The summed E-state index contributed by atoms with van der Waals surface area (Å²) in [5.41, 5.74) is 4.34. The normalized spacial score (nSPS) is 13.7. The minimum atomic E-state index is -0.168. The Hall–Kier alpha value is -3.93. The van der Waals surface area contributed by atoms with Crippen LogP contribution in [0.15, 0.2) is 78.9 Å². The molecule has 3 aromatic rings. The second-order valence-corrected chi connectivity index (χ2v) is 9.50. The van der Waals surface area contributed by atoms with Crippen molar-refractivity contribution in [3.63, 3.8) is 0 Å². The van der Waals surface area contributed by atoms with Crippen molar-refractivity contribution in [1.82, 2.24) is 4.90 Å². The predicted octanol–water partition coefficient (Wildman–Crippen LogP) is 5.19. The maximum atomic E-state index is 13.6. The van der Waals surface area contributed by atoms with Gasteiger partial charge in [0.05, 0.1) is 25.5 Å². The van der Waals surface area contributed by atoms with Crippen LogP contribution in [0.1, 0.15) is 46.8 Å². The minimum absolute atomic E-state index is 0.0268. The van der Waals surface area contributed by atoms with Gasteiger partial charge in [0.1, 0.15) is 0 Å². The third-order valence-corrected chi connectivity index (χ3v) is 6.77. The summed E-state index contributed by atoms with van der Waals surface area (Å²) in [6, 6.07) is 25.1. The molecular weight excluding hydrogens is 464 g/mol. The maximum absolute atomic E-state index is 13.6. The molecule has 1 aliphatic heterocycles. The number of ether oxygens (including phenoxy) is 1. The van der Waals surface area contributed by atoms with E-state index in [1.54, 1.807) is 11.8 Å². The first-order chi connectivity index (χ1) is 17.9. The molecule has 1 heterocycles. The fraction of sp³-hybridized carbons (Fsp3) is 0.323. The third-order valence-electron chi connectivity index (χ3n) is 6.77. The van der Waals surface area contributed by atoms with Gasteiger partial charge in [-0.25, -0.2) is 0 Å². The molecule has 6 nitrogen and oxygen atoms in total. The van der Waals surface area contributed by atoms with E-state index < -0.39 is 0 Å². The summed E-state index contributed by atoms with van der Waals surface area (Å²) < 4.78 is 5.13. The maximum Gasteiger partial charge on any atom is 0.309 e. The molecule has 1 saturated heterocycles. The molecular formula is C31H34N2O4. The van der Waals surface area contributed by atoms with Gasteiger partial charge in [0.25, 0.3) is 5.91 Å². The Kier molecular flexibility index (Phi) is 8.72. The van der Waals surface area contributed by atoms with Gasteiger partial charge in [-0.1, -0.05) is 60.2 Å². The molecule has 6 heteroatoms. The quantitative estimate of drug-likeness (QED) is 0.401. The van der Waals surface area contributed by atoms with Gasteiger partial charge in [0.15, 0.2) is 0 Å². The Morgan fingerprint density at radius 2 is 1.57 bits per heavy atom. The molecule has 1 aliphatic rings. The van der Waals surface area contributed by atoms with E-state index in [2.05, 4.69) is 0 Å². The van der Waals surface area contributed by atoms with Crippen molar-refractivity contribution in [2.75, 3.05) is 24.6 Å². The molecule has 0 aromatic heterocycles. The van der Waals surface area contributed by atoms with E-state index in [4.69, 9.17) is 4.74 Å². The Bertz CT molecular complexity index is 1220. The first-order valence-corrected chi connectivity index (χ1v) is 12.9. The molecule has 2 amide bonds. The van der Waals surface area contributed by atoms with Gasteiger partial charge in [-0.3, -0.25) is 14.4 Å². The lowest BCUT2D eigenvalue weighted by atomic mass is 9.96. The highest BCUT2D eigenvalue weighted by Gasteiger charge is 2.28. The first kappa shape index (κ1) is 26.1. The fourth-order valence-corrected chi connectivity index (χ4v) is 4.64. The van der Waals surface area contributed by atoms with Crippen LogP contribution in [0.25, 0.3) is 0 Å². The van der Waals surface area contributed by atoms with E-state index in [0.29, 0.717) is 44.6 Å². The van der Waals surface area contributed by atoms with Gasteiger partial charge >= 0.3 is 5.97 Å². The number of nitrogens with zero attached hydrogens (tertiary/aromatic N) is 2. The molecule has 192 valence electrons. The van der Waals surface area contributed by atoms with Crippen molar-refractivity contribution in [2.24, 2.45) is 5.92 Å². The van der Waals surface area contributed by atoms with Crippen molar-refractivity contribution < 1.29 is 19.1 Å². The van der Waals surface area contributed by atoms with Crippen LogP contribution in [0.5, 0.6) is 0 Å². The zero-order valence-corrected chi connectivity index (χ0v) is 21.6. The molecule has 4 rings (SSSR count). The highest BCUT2D eigenvalue weighted by atomic mass is 16.5. The van der Waals surface area contributed by atoms with Gasteiger partial charge < -0.3 is 14.5 Å². The number of esters is 1. The van der Waals surface area contributed by atoms with E-state index in [9.17, 15) is 14.4 Å². The van der Waals surface area contributed by atoms with Gasteiger partial charge in [-0.2, -0.15) is 0 Å². The smallest absolute Gasteiger partial charge is 0.309 e. The van der Waals surface area contributed by atoms with Crippen LogP contribution in [-0.4, -0.2) is 42.4 Å². The zero-order chi connectivity index (χ0) is 26.2. The van der Waals surface area contributed by atoms with Crippen LogP contribution in [-0.2, 0) is 27.3 Å². The van der Waals surface area contributed by atoms with Crippen molar-refractivity contribution in [1.29, 1.82) is 0 Å². The summed E-state index contributed by atoms with van der Waals surface area (Å²) >= 11 is 0. The largest absolute Gasteiger partial charge is 0.466 e. The Balaban J connectivity index is 1.49. The number of aryl methyl sites for hydroxylation is 1. The Morgan fingerprint density at radius 3 is 2.24 bits per heavy atom. The summed E-state index contributed by atoms with van der Waals surface area (Å²) in [6.45, 7) is 5.70. The number of rotatable bonds is 8.